The number of carbonyl (C=O) groups is 1. The molecule has 6 nitrogen and oxygen atoms in total. The molecule has 5 aromatic rings. The van der Waals surface area contributed by atoms with Crippen LogP contribution in [0.15, 0.2) is 55.0 Å². The summed E-state index contributed by atoms with van der Waals surface area (Å²) in [5.74, 6) is 0.815. The van der Waals surface area contributed by atoms with Crippen molar-refractivity contribution in [2.75, 3.05) is 6.61 Å². The lowest BCUT2D eigenvalue weighted by atomic mass is 9.84. The number of rotatable bonds is 5. The van der Waals surface area contributed by atoms with Crippen molar-refractivity contribution < 1.29 is 14.3 Å². The Kier molecular flexibility index (Phi) is 6.62. The van der Waals surface area contributed by atoms with Crippen LogP contribution < -0.4 is 4.74 Å². The molecule has 0 amide bonds. The highest BCUT2D eigenvalue weighted by Crippen LogP contribution is 2.46. The van der Waals surface area contributed by atoms with Crippen molar-refractivity contribution in [1.29, 1.82) is 0 Å². The Morgan fingerprint density at radius 2 is 1.71 bits per heavy atom. The second kappa shape index (κ2) is 10.0. The van der Waals surface area contributed by atoms with Gasteiger partial charge in [-0.15, -0.1) is 0 Å². The number of hydrogen-bond acceptors (Lipinski definition) is 6. The summed E-state index contributed by atoms with van der Waals surface area (Å²) in [4.78, 5) is 27.0. The van der Waals surface area contributed by atoms with Crippen molar-refractivity contribution in [3.63, 3.8) is 0 Å². The van der Waals surface area contributed by atoms with E-state index in [4.69, 9.17) is 14.5 Å². The molecule has 1 aliphatic heterocycles. The molecule has 0 N–H and O–H groups in total. The van der Waals surface area contributed by atoms with E-state index in [9.17, 15) is 4.79 Å². The minimum atomic E-state index is -0.733. The van der Waals surface area contributed by atoms with E-state index in [2.05, 4.69) is 53.3 Å². The van der Waals surface area contributed by atoms with Gasteiger partial charge in [0, 0.05) is 40.5 Å². The fourth-order valence-electron chi connectivity index (χ4n) is 6.16. The van der Waals surface area contributed by atoms with Gasteiger partial charge in [0.05, 0.1) is 17.7 Å². The van der Waals surface area contributed by atoms with Crippen LogP contribution in [0.3, 0.4) is 0 Å². The monoisotopic (exact) mass is 545 g/mol. The van der Waals surface area contributed by atoms with Crippen molar-refractivity contribution in [2.45, 2.75) is 66.6 Å². The van der Waals surface area contributed by atoms with Crippen LogP contribution in [-0.2, 0) is 16.0 Å². The molecule has 0 fully saturated rings. The second-order valence-corrected chi connectivity index (χ2v) is 12.0. The lowest BCUT2D eigenvalue weighted by Crippen LogP contribution is -2.27. The maximum atomic E-state index is 13.3. The molecule has 0 spiro atoms. The Balaban J connectivity index is 1.71. The van der Waals surface area contributed by atoms with Gasteiger partial charge in [-0.2, -0.15) is 0 Å². The fourth-order valence-corrected chi connectivity index (χ4v) is 6.16. The topological polar surface area (TPSA) is 74.2 Å². The molecular weight excluding hydrogens is 510 g/mol. The third-order valence-corrected chi connectivity index (χ3v) is 7.84. The zero-order valence-corrected chi connectivity index (χ0v) is 24.8. The van der Waals surface area contributed by atoms with Crippen LogP contribution in [0.4, 0.5) is 0 Å². The van der Waals surface area contributed by atoms with Crippen LogP contribution in [0.1, 0.15) is 61.9 Å². The number of nitrogens with zero attached hydrogens (tertiary/aromatic N) is 3. The molecule has 0 bridgehead atoms. The van der Waals surface area contributed by atoms with Crippen molar-refractivity contribution in [3.05, 3.63) is 83.1 Å². The van der Waals surface area contributed by atoms with Crippen LogP contribution in [0.2, 0.25) is 0 Å². The third-order valence-electron chi connectivity index (χ3n) is 7.84. The van der Waals surface area contributed by atoms with Gasteiger partial charge in [0.15, 0.2) is 5.78 Å². The molecule has 3 aromatic carbocycles. The highest BCUT2D eigenvalue weighted by atomic mass is 16.5. The minimum absolute atomic E-state index is 0.0352. The maximum Gasteiger partial charge on any atom is 0.163 e. The van der Waals surface area contributed by atoms with Gasteiger partial charge in [-0.05, 0) is 111 Å². The number of carbonyl (C=O) groups excluding carboxylic acids is 1. The molecule has 2 aromatic heterocycles. The van der Waals surface area contributed by atoms with E-state index in [1.807, 2.05) is 46.9 Å². The van der Waals surface area contributed by atoms with Gasteiger partial charge in [0.1, 0.15) is 18.2 Å². The Morgan fingerprint density at radius 1 is 0.951 bits per heavy atom. The molecule has 41 heavy (non-hydrogen) atoms. The molecule has 208 valence electrons. The molecule has 1 aliphatic rings. The summed E-state index contributed by atoms with van der Waals surface area (Å²) in [6.45, 7) is 14.3. The molecule has 0 saturated carbocycles. The van der Waals surface area contributed by atoms with Crippen molar-refractivity contribution in [2.24, 2.45) is 0 Å². The Morgan fingerprint density at radius 3 is 2.41 bits per heavy atom. The fraction of sp³-hybridized carbons (Fsp3) is 0.314. The predicted molar refractivity (Wildman–Crippen MR) is 163 cm³/mol. The molecule has 0 radical (unpaired) electrons. The highest BCUT2D eigenvalue weighted by Gasteiger charge is 2.31. The first kappa shape index (κ1) is 27.0. The predicted octanol–water partition coefficient (Wildman–Crippen LogP) is 7.82. The minimum Gasteiger partial charge on any atom is -0.493 e. The van der Waals surface area contributed by atoms with Gasteiger partial charge < -0.3 is 9.47 Å². The summed E-state index contributed by atoms with van der Waals surface area (Å²) in [5, 5.41) is 3.14. The van der Waals surface area contributed by atoms with Gasteiger partial charge in [-0.1, -0.05) is 18.2 Å². The average Bonchev–Trinajstić information content (AvgIpc) is 2.91. The van der Waals surface area contributed by atoms with Gasteiger partial charge in [0.25, 0.3) is 0 Å². The second-order valence-electron chi connectivity index (χ2n) is 12.0. The molecule has 1 atom stereocenters. The zero-order valence-electron chi connectivity index (χ0n) is 24.8. The van der Waals surface area contributed by atoms with E-state index in [-0.39, 0.29) is 5.78 Å². The number of pyridine rings is 1. The molecule has 3 heterocycles. The van der Waals surface area contributed by atoms with E-state index >= 15 is 0 Å². The van der Waals surface area contributed by atoms with Crippen LogP contribution in [0.25, 0.3) is 43.9 Å². The summed E-state index contributed by atoms with van der Waals surface area (Å²) < 4.78 is 12.5. The number of aryl methyl sites for hydroxylation is 3. The maximum absolute atomic E-state index is 13.3. The molecule has 6 rings (SSSR count). The van der Waals surface area contributed by atoms with Crippen molar-refractivity contribution in [3.8, 4) is 28.0 Å². The number of ketones is 1. The Bertz CT molecular complexity index is 1820. The molecule has 0 aliphatic carbocycles. The van der Waals surface area contributed by atoms with E-state index < -0.39 is 11.7 Å². The number of fused-ring (bicyclic) bond motifs is 1. The first-order chi connectivity index (χ1) is 19.5. The number of aromatic nitrogens is 3. The van der Waals surface area contributed by atoms with E-state index in [0.29, 0.717) is 6.61 Å². The molecule has 1 unspecified atom stereocenters. The van der Waals surface area contributed by atoms with Gasteiger partial charge >= 0.3 is 0 Å². The molecule has 0 saturated heterocycles. The number of Topliss-reactive ketones (excluding diaryl/α,β-unsaturated/α-hetero) is 1. The number of ether oxygens (including phenoxy) is 2. The SMILES string of the molecule is CC(=O)C(OC(C)(C)C)c1c(C)cc2cc(-c3c(C)ncnc3C)ccc2c1-c1ccc2c3c(ccnc13)CCO2. The van der Waals surface area contributed by atoms with Crippen LogP contribution in [0.5, 0.6) is 5.75 Å². The summed E-state index contributed by atoms with van der Waals surface area (Å²) in [7, 11) is 0. The van der Waals surface area contributed by atoms with Crippen LogP contribution in [-0.4, -0.2) is 32.9 Å². The quantitative estimate of drug-likeness (QED) is 0.224. The van der Waals surface area contributed by atoms with Crippen LogP contribution >= 0.6 is 0 Å². The lowest BCUT2D eigenvalue weighted by molar-refractivity contribution is -0.138. The van der Waals surface area contributed by atoms with Crippen molar-refractivity contribution in [1.82, 2.24) is 15.0 Å². The number of benzene rings is 3. The zero-order chi connectivity index (χ0) is 29.1. The van der Waals surface area contributed by atoms with E-state index in [1.54, 1.807) is 13.3 Å². The van der Waals surface area contributed by atoms with E-state index in [0.717, 1.165) is 78.6 Å². The summed E-state index contributed by atoms with van der Waals surface area (Å²) in [6.07, 6.45) is 3.58. The largest absolute Gasteiger partial charge is 0.493 e. The highest BCUT2D eigenvalue weighted by molar-refractivity contribution is 6.09. The smallest absolute Gasteiger partial charge is 0.163 e. The van der Waals surface area contributed by atoms with Gasteiger partial charge in [0.2, 0.25) is 0 Å². The number of hydrogen-bond donors (Lipinski definition) is 0. The van der Waals surface area contributed by atoms with Crippen LogP contribution in [0, 0.1) is 20.8 Å². The Hall–Kier alpha value is -4.16. The van der Waals surface area contributed by atoms with E-state index in [1.165, 1.54) is 5.56 Å². The molecular formula is C35H35N3O3. The standard InChI is InChI=1S/C35H35N3O3/c1-19-16-25-17-24(30-20(2)37-18-38-21(30)3)8-9-26(25)32(29(19)34(22(4)39)41-35(5,6)7)27-10-11-28-31-23(13-15-40-28)12-14-36-33(27)31/h8-12,14,16-18,34H,13,15H2,1-7H3. The summed E-state index contributed by atoms with van der Waals surface area (Å²) in [6, 6.07) is 14.8. The van der Waals surface area contributed by atoms with Gasteiger partial charge in [-0.25, -0.2) is 9.97 Å². The van der Waals surface area contributed by atoms with Crippen molar-refractivity contribution >= 4 is 27.5 Å². The first-order valence-corrected chi connectivity index (χ1v) is 14.1. The lowest BCUT2D eigenvalue weighted by Gasteiger charge is -2.30. The Labute approximate surface area is 240 Å². The normalized spacial score (nSPS) is 13.8. The first-order valence-electron chi connectivity index (χ1n) is 14.1. The average molecular weight is 546 g/mol. The van der Waals surface area contributed by atoms with Gasteiger partial charge in [-0.3, -0.25) is 9.78 Å². The summed E-state index contributed by atoms with van der Waals surface area (Å²) in [5.41, 5.74) is 9.35. The summed E-state index contributed by atoms with van der Waals surface area (Å²) >= 11 is 0. The third kappa shape index (κ3) is 4.76. The molecule has 6 heteroatoms.